The summed E-state index contributed by atoms with van der Waals surface area (Å²) in [5.74, 6) is 2.29. The summed E-state index contributed by atoms with van der Waals surface area (Å²) in [5, 5.41) is 16.1. The third-order valence-electron chi connectivity index (χ3n) is 5.64. The van der Waals surface area contributed by atoms with Crippen LogP contribution in [0.4, 0.5) is 0 Å². The third kappa shape index (κ3) is 6.30. The summed E-state index contributed by atoms with van der Waals surface area (Å²) in [4.78, 5) is 6.83. The standard InChI is InChI=1S/C22H28ClN7.HI/c1-24-22(26-15-21-28-27-20-8-4-5-11-30(20)21)25-14-17-9-12-29(13-10-17)16-18-6-2-3-7-19(18)23;/h2-8,11,17H,9-10,12-16H2,1H3,(H2,24,25,26);1H. The molecule has 0 saturated carbocycles. The first-order valence-corrected chi connectivity index (χ1v) is 10.8. The van der Waals surface area contributed by atoms with Gasteiger partial charge in [-0.15, -0.1) is 34.2 Å². The SMILES string of the molecule is CN=C(NCc1nnc2ccccn12)NCC1CCN(Cc2ccccc2Cl)CC1.I. The lowest BCUT2D eigenvalue weighted by molar-refractivity contribution is 0.178. The van der Waals surface area contributed by atoms with Gasteiger partial charge in [0, 0.05) is 31.4 Å². The fraction of sp³-hybridized carbons (Fsp3) is 0.409. The van der Waals surface area contributed by atoms with Crippen molar-refractivity contribution in [1.82, 2.24) is 30.1 Å². The summed E-state index contributed by atoms with van der Waals surface area (Å²) in [6, 6.07) is 14.0. The molecule has 7 nitrogen and oxygen atoms in total. The molecule has 2 aromatic heterocycles. The number of guanidine groups is 1. The molecule has 0 radical (unpaired) electrons. The molecule has 1 saturated heterocycles. The average Bonchev–Trinajstić information content (AvgIpc) is 3.20. The fourth-order valence-electron chi connectivity index (χ4n) is 3.85. The molecular formula is C22H29ClIN7. The van der Waals surface area contributed by atoms with Crippen molar-refractivity contribution in [3.8, 4) is 0 Å². The maximum absolute atomic E-state index is 6.30. The first-order chi connectivity index (χ1) is 14.7. The summed E-state index contributed by atoms with van der Waals surface area (Å²) in [6.07, 6.45) is 4.31. The van der Waals surface area contributed by atoms with E-state index in [1.807, 2.05) is 40.9 Å². The molecule has 1 fully saturated rings. The van der Waals surface area contributed by atoms with Crippen molar-refractivity contribution in [2.45, 2.75) is 25.9 Å². The van der Waals surface area contributed by atoms with Gasteiger partial charge in [0.1, 0.15) is 0 Å². The summed E-state index contributed by atoms with van der Waals surface area (Å²) in [6.45, 7) is 4.60. The molecule has 0 aliphatic carbocycles. The van der Waals surface area contributed by atoms with Crippen molar-refractivity contribution >= 4 is 47.2 Å². The number of halogens is 2. The van der Waals surface area contributed by atoms with Crippen LogP contribution in [0.1, 0.15) is 24.2 Å². The van der Waals surface area contributed by atoms with Gasteiger partial charge in [-0.2, -0.15) is 0 Å². The van der Waals surface area contributed by atoms with E-state index in [1.165, 1.54) is 18.4 Å². The Labute approximate surface area is 205 Å². The number of hydrogen-bond donors (Lipinski definition) is 2. The quantitative estimate of drug-likeness (QED) is 0.278. The maximum atomic E-state index is 6.30. The Kier molecular flexibility index (Phi) is 8.91. The van der Waals surface area contributed by atoms with E-state index < -0.39 is 0 Å². The van der Waals surface area contributed by atoms with Crippen LogP contribution in [0.2, 0.25) is 5.02 Å². The fourth-order valence-corrected chi connectivity index (χ4v) is 4.05. The number of rotatable bonds is 6. The van der Waals surface area contributed by atoms with E-state index in [-0.39, 0.29) is 24.0 Å². The first-order valence-electron chi connectivity index (χ1n) is 10.4. The van der Waals surface area contributed by atoms with Crippen LogP contribution in [0.3, 0.4) is 0 Å². The van der Waals surface area contributed by atoms with Crippen LogP contribution >= 0.6 is 35.6 Å². The highest BCUT2D eigenvalue weighted by Gasteiger charge is 2.20. The van der Waals surface area contributed by atoms with Crippen LogP contribution in [0.25, 0.3) is 5.65 Å². The van der Waals surface area contributed by atoms with E-state index in [2.05, 4.69) is 42.9 Å². The number of pyridine rings is 1. The minimum atomic E-state index is 0. The van der Waals surface area contributed by atoms with Gasteiger partial charge in [0.15, 0.2) is 17.4 Å². The molecule has 0 amide bonds. The second-order valence-electron chi connectivity index (χ2n) is 7.66. The third-order valence-corrected chi connectivity index (χ3v) is 6.01. The number of aliphatic imine (C=N–C) groups is 1. The van der Waals surface area contributed by atoms with Gasteiger partial charge in [-0.3, -0.25) is 14.3 Å². The molecule has 1 aliphatic rings. The zero-order valence-corrected chi connectivity index (χ0v) is 20.8. The van der Waals surface area contributed by atoms with Crippen LogP contribution in [0, 0.1) is 5.92 Å². The maximum Gasteiger partial charge on any atom is 0.191 e. The molecule has 0 bridgehead atoms. The average molecular weight is 554 g/mol. The molecule has 0 spiro atoms. The number of likely N-dealkylation sites (tertiary alicyclic amines) is 1. The Balaban J connectivity index is 0.00000272. The van der Waals surface area contributed by atoms with E-state index in [4.69, 9.17) is 11.6 Å². The number of nitrogens with one attached hydrogen (secondary N) is 2. The van der Waals surface area contributed by atoms with E-state index in [0.717, 1.165) is 48.6 Å². The number of hydrogen-bond acceptors (Lipinski definition) is 4. The van der Waals surface area contributed by atoms with Crippen LogP contribution in [0.5, 0.6) is 0 Å². The minimum Gasteiger partial charge on any atom is -0.356 e. The van der Waals surface area contributed by atoms with Crippen molar-refractivity contribution in [3.05, 3.63) is 65.1 Å². The Bertz CT molecular complexity index is 998. The lowest BCUT2D eigenvalue weighted by Gasteiger charge is -2.32. The van der Waals surface area contributed by atoms with E-state index in [0.29, 0.717) is 12.5 Å². The van der Waals surface area contributed by atoms with Crippen molar-refractivity contribution in [3.63, 3.8) is 0 Å². The molecule has 0 atom stereocenters. The number of benzene rings is 1. The van der Waals surface area contributed by atoms with E-state index >= 15 is 0 Å². The molecule has 4 rings (SSSR count). The van der Waals surface area contributed by atoms with Gasteiger partial charge in [-0.1, -0.05) is 35.9 Å². The van der Waals surface area contributed by atoms with Gasteiger partial charge in [-0.25, -0.2) is 0 Å². The second kappa shape index (κ2) is 11.6. The van der Waals surface area contributed by atoms with Crippen LogP contribution in [0.15, 0.2) is 53.7 Å². The molecule has 3 heterocycles. The highest BCUT2D eigenvalue weighted by atomic mass is 127. The molecule has 9 heteroatoms. The summed E-state index contributed by atoms with van der Waals surface area (Å²) in [5.41, 5.74) is 2.06. The molecule has 1 aliphatic heterocycles. The lowest BCUT2D eigenvalue weighted by atomic mass is 9.96. The molecule has 1 aromatic carbocycles. The zero-order valence-electron chi connectivity index (χ0n) is 17.7. The Morgan fingerprint density at radius 1 is 1.10 bits per heavy atom. The zero-order chi connectivity index (χ0) is 20.8. The molecule has 166 valence electrons. The highest BCUT2D eigenvalue weighted by Crippen LogP contribution is 2.21. The lowest BCUT2D eigenvalue weighted by Crippen LogP contribution is -2.42. The summed E-state index contributed by atoms with van der Waals surface area (Å²) in [7, 11) is 1.80. The van der Waals surface area contributed by atoms with Crippen molar-refractivity contribution in [1.29, 1.82) is 0 Å². The van der Waals surface area contributed by atoms with Gasteiger partial charge >= 0.3 is 0 Å². The normalized spacial score (nSPS) is 15.6. The predicted molar refractivity (Wildman–Crippen MR) is 136 cm³/mol. The molecule has 31 heavy (non-hydrogen) atoms. The minimum absolute atomic E-state index is 0. The Morgan fingerprint density at radius 3 is 2.65 bits per heavy atom. The molecule has 0 unspecified atom stereocenters. The van der Waals surface area contributed by atoms with Gasteiger partial charge in [0.2, 0.25) is 0 Å². The van der Waals surface area contributed by atoms with Gasteiger partial charge in [0.25, 0.3) is 0 Å². The van der Waals surface area contributed by atoms with Gasteiger partial charge in [0.05, 0.1) is 6.54 Å². The van der Waals surface area contributed by atoms with Gasteiger partial charge < -0.3 is 10.6 Å². The Morgan fingerprint density at radius 2 is 1.87 bits per heavy atom. The molecular weight excluding hydrogens is 525 g/mol. The number of fused-ring (bicyclic) bond motifs is 1. The topological polar surface area (TPSA) is 69.8 Å². The number of piperidine rings is 1. The van der Waals surface area contributed by atoms with Crippen LogP contribution in [-0.4, -0.2) is 52.1 Å². The van der Waals surface area contributed by atoms with Crippen molar-refractivity contribution < 1.29 is 0 Å². The highest BCUT2D eigenvalue weighted by molar-refractivity contribution is 14.0. The van der Waals surface area contributed by atoms with Crippen LogP contribution < -0.4 is 10.6 Å². The monoisotopic (exact) mass is 553 g/mol. The molecule has 3 aromatic rings. The summed E-state index contributed by atoms with van der Waals surface area (Å²) < 4.78 is 1.98. The summed E-state index contributed by atoms with van der Waals surface area (Å²) >= 11 is 6.30. The van der Waals surface area contributed by atoms with Crippen molar-refractivity contribution in [2.24, 2.45) is 10.9 Å². The second-order valence-corrected chi connectivity index (χ2v) is 8.07. The Hall–Kier alpha value is -1.91. The smallest absolute Gasteiger partial charge is 0.191 e. The first kappa shape index (κ1) is 23.7. The van der Waals surface area contributed by atoms with E-state index in [9.17, 15) is 0 Å². The van der Waals surface area contributed by atoms with E-state index in [1.54, 1.807) is 7.05 Å². The number of aromatic nitrogens is 3. The van der Waals surface area contributed by atoms with Crippen LogP contribution in [-0.2, 0) is 13.1 Å². The number of nitrogens with zero attached hydrogens (tertiary/aromatic N) is 5. The van der Waals surface area contributed by atoms with Crippen molar-refractivity contribution in [2.75, 3.05) is 26.7 Å². The molecule has 2 N–H and O–H groups in total. The largest absolute Gasteiger partial charge is 0.356 e. The predicted octanol–water partition coefficient (Wildman–Crippen LogP) is 3.58. The van der Waals surface area contributed by atoms with Gasteiger partial charge in [-0.05, 0) is 55.6 Å².